The molecule has 0 aromatic carbocycles. The number of hydrogen-bond donors (Lipinski definition) is 1. The monoisotopic (exact) mass is 288 g/mol. The van der Waals surface area contributed by atoms with E-state index in [1.807, 2.05) is 17.1 Å². The van der Waals surface area contributed by atoms with Crippen LogP contribution in [-0.4, -0.2) is 28.4 Å². The van der Waals surface area contributed by atoms with Gasteiger partial charge in [0.2, 0.25) is 0 Å². The third-order valence-electron chi connectivity index (χ3n) is 3.41. The van der Waals surface area contributed by atoms with Crippen molar-refractivity contribution in [3.8, 4) is 5.75 Å². The minimum Gasteiger partial charge on any atom is -0.493 e. The summed E-state index contributed by atoms with van der Waals surface area (Å²) in [5.74, 6) is 0.816. The minimum atomic E-state index is 0.0337. The summed E-state index contributed by atoms with van der Waals surface area (Å²) in [7, 11) is 1.69. The fourth-order valence-corrected chi connectivity index (χ4v) is 2.53. The van der Waals surface area contributed by atoms with Crippen LogP contribution >= 0.6 is 0 Å². The number of aryl methyl sites for hydroxylation is 2. The maximum Gasteiger partial charge on any atom is 0.161 e. The third-order valence-corrected chi connectivity index (χ3v) is 3.41. The highest BCUT2D eigenvalue weighted by Gasteiger charge is 2.23. The molecule has 0 radical (unpaired) electrons. The van der Waals surface area contributed by atoms with Crippen LogP contribution < -0.4 is 10.1 Å². The molecule has 0 bridgehead atoms. The maximum atomic E-state index is 5.51. The number of rotatable bonds is 7. The number of pyridine rings is 1. The molecule has 1 unspecified atom stereocenters. The molecule has 0 saturated heterocycles. The second kappa shape index (κ2) is 7.22. The summed E-state index contributed by atoms with van der Waals surface area (Å²) in [6, 6.07) is 2.19. The molecule has 114 valence electrons. The van der Waals surface area contributed by atoms with E-state index in [9.17, 15) is 0 Å². The van der Waals surface area contributed by atoms with Crippen molar-refractivity contribution >= 4 is 0 Å². The molecule has 1 N–H and O–H groups in total. The van der Waals surface area contributed by atoms with Gasteiger partial charge in [-0.2, -0.15) is 5.10 Å². The molecule has 21 heavy (non-hydrogen) atoms. The van der Waals surface area contributed by atoms with Crippen molar-refractivity contribution in [1.82, 2.24) is 20.1 Å². The van der Waals surface area contributed by atoms with Crippen molar-refractivity contribution < 1.29 is 4.74 Å². The fraction of sp³-hybridized carbons (Fsp3) is 0.500. The molecule has 0 aliphatic carbocycles. The summed E-state index contributed by atoms with van der Waals surface area (Å²) >= 11 is 0. The summed E-state index contributed by atoms with van der Waals surface area (Å²) < 4.78 is 7.53. The van der Waals surface area contributed by atoms with E-state index >= 15 is 0 Å². The van der Waals surface area contributed by atoms with Crippen molar-refractivity contribution in [1.29, 1.82) is 0 Å². The van der Waals surface area contributed by atoms with Gasteiger partial charge in [-0.25, -0.2) is 0 Å². The Morgan fingerprint density at radius 1 is 1.29 bits per heavy atom. The maximum absolute atomic E-state index is 5.51. The van der Waals surface area contributed by atoms with Crippen LogP contribution in [0, 0.1) is 6.92 Å². The topological polar surface area (TPSA) is 52.0 Å². The Morgan fingerprint density at radius 3 is 2.71 bits per heavy atom. The summed E-state index contributed by atoms with van der Waals surface area (Å²) in [5.41, 5.74) is 3.34. The molecule has 0 aliphatic rings. The van der Waals surface area contributed by atoms with E-state index in [2.05, 4.69) is 42.2 Å². The van der Waals surface area contributed by atoms with Gasteiger partial charge >= 0.3 is 0 Å². The zero-order chi connectivity index (χ0) is 15.2. The molecule has 5 heteroatoms. The van der Waals surface area contributed by atoms with Crippen LogP contribution in [-0.2, 0) is 6.54 Å². The predicted molar refractivity (Wildman–Crippen MR) is 83.6 cm³/mol. The van der Waals surface area contributed by atoms with Crippen molar-refractivity contribution in [2.24, 2.45) is 0 Å². The molecule has 0 amide bonds. The Kier molecular flexibility index (Phi) is 5.33. The Bertz CT molecular complexity index is 579. The van der Waals surface area contributed by atoms with Crippen LogP contribution in [0.3, 0.4) is 0 Å². The van der Waals surface area contributed by atoms with Crippen LogP contribution in [0.4, 0.5) is 0 Å². The van der Waals surface area contributed by atoms with E-state index in [4.69, 9.17) is 4.74 Å². The molecule has 0 spiro atoms. The number of nitrogens with zero attached hydrogens (tertiary/aromatic N) is 3. The average Bonchev–Trinajstić information content (AvgIpc) is 2.88. The first-order valence-corrected chi connectivity index (χ1v) is 7.45. The summed E-state index contributed by atoms with van der Waals surface area (Å²) in [6.07, 6.45) is 6.59. The summed E-state index contributed by atoms with van der Waals surface area (Å²) in [6.45, 7) is 8.04. The van der Waals surface area contributed by atoms with Gasteiger partial charge in [-0.1, -0.05) is 19.9 Å². The van der Waals surface area contributed by atoms with Crippen LogP contribution in [0.25, 0.3) is 0 Å². The second-order valence-corrected chi connectivity index (χ2v) is 5.11. The van der Waals surface area contributed by atoms with E-state index in [1.165, 1.54) is 0 Å². The first-order chi connectivity index (χ1) is 10.2. The van der Waals surface area contributed by atoms with E-state index in [0.29, 0.717) is 0 Å². The highest BCUT2D eigenvalue weighted by Crippen LogP contribution is 2.30. The van der Waals surface area contributed by atoms with Gasteiger partial charge in [-0.15, -0.1) is 0 Å². The average molecular weight is 288 g/mol. The molecule has 2 rings (SSSR count). The van der Waals surface area contributed by atoms with Gasteiger partial charge in [0.15, 0.2) is 5.75 Å². The number of aromatic nitrogens is 3. The van der Waals surface area contributed by atoms with Gasteiger partial charge in [0.1, 0.15) is 5.69 Å². The van der Waals surface area contributed by atoms with Crippen LogP contribution in [0.15, 0.2) is 24.7 Å². The predicted octanol–water partition coefficient (Wildman–Crippen LogP) is 2.70. The Morgan fingerprint density at radius 2 is 2.10 bits per heavy atom. The van der Waals surface area contributed by atoms with Crippen molar-refractivity contribution in [2.75, 3.05) is 13.7 Å². The van der Waals surface area contributed by atoms with Crippen LogP contribution in [0.5, 0.6) is 5.75 Å². The van der Waals surface area contributed by atoms with Crippen molar-refractivity contribution in [2.45, 2.75) is 39.8 Å². The third kappa shape index (κ3) is 3.42. The lowest BCUT2D eigenvalue weighted by atomic mass is 10.0. The number of nitrogens with one attached hydrogen (secondary N) is 1. The van der Waals surface area contributed by atoms with Gasteiger partial charge in [-0.05, 0) is 31.0 Å². The molecule has 2 heterocycles. The lowest BCUT2D eigenvalue weighted by Crippen LogP contribution is -2.25. The fourth-order valence-electron chi connectivity index (χ4n) is 2.53. The van der Waals surface area contributed by atoms with Crippen LogP contribution in [0.2, 0.25) is 0 Å². The highest BCUT2D eigenvalue weighted by atomic mass is 16.5. The van der Waals surface area contributed by atoms with Crippen LogP contribution in [0.1, 0.15) is 43.1 Å². The van der Waals surface area contributed by atoms with Gasteiger partial charge in [0.05, 0.1) is 19.3 Å². The molecular formula is C16H24N4O. The zero-order valence-corrected chi connectivity index (χ0v) is 13.3. The molecule has 0 fully saturated rings. The SMILES string of the molecule is CCCn1ncc(OC)c1C(NCC)c1cncc(C)c1. The summed E-state index contributed by atoms with van der Waals surface area (Å²) in [5, 5.41) is 7.98. The molecule has 2 aromatic rings. The molecule has 5 nitrogen and oxygen atoms in total. The summed E-state index contributed by atoms with van der Waals surface area (Å²) in [4.78, 5) is 4.32. The zero-order valence-electron chi connectivity index (χ0n) is 13.3. The Labute approximate surface area is 126 Å². The highest BCUT2D eigenvalue weighted by molar-refractivity contribution is 5.36. The molecular weight excluding hydrogens is 264 g/mol. The van der Waals surface area contributed by atoms with E-state index < -0.39 is 0 Å². The lowest BCUT2D eigenvalue weighted by molar-refractivity contribution is 0.398. The normalized spacial score (nSPS) is 12.4. The van der Waals surface area contributed by atoms with Gasteiger partial charge in [-0.3, -0.25) is 9.67 Å². The van der Waals surface area contributed by atoms with E-state index in [-0.39, 0.29) is 6.04 Å². The number of hydrogen-bond acceptors (Lipinski definition) is 4. The lowest BCUT2D eigenvalue weighted by Gasteiger charge is -2.21. The van der Waals surface area contributed by atoms with Gasteiger partial charge in [0.25, 0.3) is 0 Å². The standard InChI is InChI=1S/C16H24N4O/c1-5-7-20-16(14(21-4)11-19-20)15(18-6-2)13-8-12(3)9-17-10-13/h8-11,15,18H,5-7H2,1-4H3. The van der Waals surface area contributed by atoms with E-state index in [1.54, 1.807) is 13.3 Å². The number of methoxy groups -OCH3 is 1. The van der Waals surface area contributed by atoms with Crippen molar-refractivity contribution in [3.63, 3.8) is 0 Å². The first-order valence-electron chi connectivity index (χ1n) is 7.45. The van der Waals surface area contributed by atoms with E-state index in [0.717, 1.165) is 42.1 Å². The minimum absolute atomic E-state index is 0.0337. The number of ether oxygens (including phenoxy) is 1. The smallest absolute Gasteiger partial charge is 0.161 e. The first kappa shape index (κ1) is 15.5. The second-order valence-electron chi connectivity index (χ2n) is 5.11. The molecule has 0 saturated carbocycles. The Balaban J connectivity index is 2.49. The molecule has 2 aromatic heterocycles. The van der Waals surface area contributed by atoms with Crippen molar-refractivity contribution in [3.05, 3.63) is 41.5 Å². The van der Waals surface area contributed by atoms with Gasteiger partial charge < -0.3 is 10.1 Å². The van der Waals surface area contributed by atoms with Gasteiger partial charge in [0, 0.05) is 18.9 Å². The largest absolute Gasteiger partial charge is 0.493 e. The molecule has 1 atom stereocenters. The Hall–Kier alpha value is -1.88. The molecule has 0 aliphatic heterocycles. The quantitative estimate of drug-likeness (QED) is 0.851.